The van der Waals surface area contributed by atoms with Gasteiger partial charge in [-0.3, -0.25) is 4.79 Å². The minimum Gasteiger partial charge on any atom is -0.459 e. The Morgan fingerprint density at radius 2 is 2.44 bits per heavy atom. The van der Waals surface area contributed by atoms with Crippen molar-refractivity contribution in [3.05, 3.63) is 24.2 Å². The molecule has 4 heteroatoms. The standard InChI is InChI=1S/C12H18N2O2/c1-9(2)10-8-14(6-5-13-10)12(15)11-4-3-7-16-11/h3-4,7,9-10,13H,5-6,8H2,1-2H3. The van der Waals surface area contributed by atoms with Crippen molar-refractivity contribution in [3.63, 3.8) is 0 Å². The summed E-state index contributed by atoms with van der Waals surface area (Å²) in [4.78, 5) is 13.9. The largest absolute Gasteiger partial charge is 0.459 e. The zero-order chi connectivity index (χ0) is 11.5. The molecule has 2 rings (SSSR count). The zero-order valence-corrected chi connectivity index (χ0v) is 9.77. The zero-order valence-electron chi connectivity index (χ0n) is 9.77. The van der Waals surface area contributed by atoms with Crippen LogP contribution in [0.5, 0.6) is 0 Å². The molecule has 1 atom stereocenters. The minimum atomic E-state index is -0.00264. The first-order chi connectivity index (χ1) is 7.68. The van der Waals surface area contributed by atoms with E-state index in [-0.39, 0.29) is 5.91 Å². The van der Waals surface area contributed by atoms with Crippen LogP contribution in [-0.2, 0) is 0 Å². The highest BCUT2D eigenvalue weighted by Crippen LogP contribution is 2.12. The molecule has 1 N–H and O–H groups in total. The van der Waals surface area contributed by atoms with Crippen LogP contribution < -0.4 is 5.32 Å². The number of nitrogens with one attached hydrogen (secondary N) is 1. The summed E-state index contributed by atoms with van der Waals surface area (Å²) in [7, 11) is 0. The Morgan fingerprint density at radius 1 is 1.62 bits per heavy atom. The van der Waals surface area contributed by atoms with Gasteiger partial charge in [-0.05, 0) is 18.1 Å². The third-order valence-electron chi connectivity index (χ3n) is 3.03. The molecule has 1 aliphatic rings. The van der Waals surface area contributed by atoms with Gasteiger partial charge in [0.2, 0.25) is 0 Å². The first-order valence-corrected chi connectivity index (χ1v) is 5.74. The molecule has 0 radical (unpaired) electrons. The van der Waals surface area contributed by atoms with Gasteiger partial charge in [-0.2, -0.15) is 0 Å². The lowest BCUT2D eigenvalue weighted by Crippen LogP contribution is -2.54. The van der Waals surface area contributed by atoms with Gasteiger partial charge in [0.1, 0.15) is 0 Å². The molecule has 88 valence electrons. The number of hydrogen-bond acceptors (Lipinski definition) is 3. The Balaban J connectivity index is 2.02. The molecule has 1 fully saturated rings. The second-order valence-electron chi connectivity index (χ2n) is 4.53. The average molecular weight is 222 g/mol. The SMILES string of the molecule is CC(C)C1CN(C(=O)c2ccco2)CCN1. The lowest BCUT2D eigenvalue weighted by Gasteiger charge is -2.35. The number of piperazine rings is 1. The van der Waals surface area contributed by atoms with Gasteiger partial charge in [-0.1, -0.05) is 13.8 Å². The van der Waals surface area contributed by atoms with Crippen LogP contribution in [0.1, 0.15) is 24.4 Å². The van der Waals surface area contributed by atoms with Gasteiger partial charge in [-0.15, -0.1) is 0 Å². The molecule has 0 spiro atoms. The Bertz CT molecular complexity index is 346. The van der Waals surface area contributed by atoms with Crippen molar-refractivity contribution in [2.24, 2.45) is 5.92 Å². The molecule has 1 aliphatic heterocycles. The lowest BCUT2D eigenvalue weighted by atomic mass is 10.0. The molecule has 2 heterocycles. The average Bonchev–Trinajstić information content (AvgIpc) is 2.81. The van der Waals surface area contributed by atoms with E-state index < -0.39 is 0 Å². The lowest BCUT2D eigenvalue weighted by molar-refractivity contribution is 0.0652. The second-order valence-corrected chi connectivity index (χ2v) is 4.53. The van der Waals surface area contributed by atoms with E-state index in [0.29, 0.717) is 17.7 Å². The number of rotatable bonds is 2. The van der Waals surface area contributed by atoms with Crippen LogP contribution in [0.25, 0.3) is 0 Å². The normalized spacial score (nSPS) is 21.4. The van der Waals surface area contributed by atoms with Gasteiger partial charge in [0.05, 0.1) is 6.26 Å². The summed E-state index contributed by atoms with van der Waals surface area (Å²) in [5.74, 6) is 0.966. The topological polar surface area (TPSA) is 45.5 Å². The summed E-state index contributed by atoms with van der Waals surface area (Å²) in [6.45, 7) is 6.70. The van der Waals surface area contributed by atoms with Crippen molar-refractivity contribution in [2.75, 3.05) is 19.6 Å². The highest BCUT2D eigenvalue weighted by molar-refractivity contribution is 5.91. The van der Waals surface area contributed by atoms with E-state index in [9.17, 15) is 4.79 Å². The van der Waals surface area contributed by atoms with Crippen LogP contribution in [-0.4, -0.2) is 36.5 Å². The minimum absolute atomic E-state index is 0.00264. The maximum absolute atomic E-state index is 12.0. The smallest absolute Gasteiger partial charge is 0.289 e. The number of carbonyl (C=O) groups excluding carboxylic acids is 1. The molecule has 0 aliphatic carbocycles. The van der Waals surface area contributed by atoms with Crippen LogP contribution in [0.2, 0.25) is 0 Å². The van der Waals surface area contributed by atoms with E-state index in [4.69, 9.17) is 4.42 Å². The molecule has 0 aromatic carbocycles. The van der Waals surface area contributed by atoms with Gasteiger partial charge < -0.3 is 14.6 Å². The molecule has 1 aromatic heterocycles. The summed E-state index contributed by atoms with van der Waals surface area (Å²) in [5, 5.41) is 3.42. The van der Waals surface area contributed by atoms with Crippen molar-refractivity contribution in [3.8, 4) is 0 Å². The van der Waals surface area contributed by atoms with Crippen molar-refractivity contribution in [2.45, 2.75) is 19.9 Å². The molecular weight excluding hydrogens is 204 g/mol. The van der Waals surface area contributed by atoms with Crippen LogP contribution in [0.15, 0.2) is 22.8 Å². The Hall–Kier alpha value is -1.29. The van der Waals surface area contributed by atoms with Crippen LogP contribution in [0.4, 0.5) is 0 Å². The Kier molecular flexibility index (Phi) is 3.29. The molecule has 1 amide bonds. The number of amides is 1. The van der Waals surface area contributed by atoms with Gasteiger partial charge in [0.15, 0.2) is 5.76 Å². The maximum Gasteiger partial charge on any atom is 0.289 e. The number of carbonyl (C=O) groups is 1. The fraction of sp³-hybridized carbons (Fsp3) is 0.583. The number of hydrogen-bond donors (Lipinski definition) is 1. The molecule has 16 heavy (non-hydrogen) atoms. The van der Waals surface area contributed by atoms with Crippen LogP contribution >= 0.6 is 0 Å². The third-order valence-corrected chi connectivity index (χ3v) is 3.03. The summed E-state index contributed by atoms with van der Waals surface area (Å²) < 4.78 is 5.13. The second kappa shape index (κ2) is 4.70. The van der Waals surface area contributed by atoms with E-state index in [1.807, 2.05) is 4.90 Å². The van der Waals surface area contributed by atoms with Gasteiger partial charge >= 0.3 is 0 Å². The molecule has 0 bridgehead atoms. The van der Waals surface area contributed by atoms with Crippen molar-refractivity contribution >= 4 is 5.91 Å². The van der Waals surface area contributed by atoms with Crippen LogP contribution in [0.3, 0.4) is 0 Å². The fourth-order valence-electron chi connectivity index (χ4n) is 1.97. The van der Waals surface area contributed by atoms with E-state index in [1.54, 1.807) is 12.1 Å². The summed E-state index contributed by atoms with van der Waals surface area (Å²) in [5.41, 5.74) is 0. The quantitative estimate of drug-likeness (QED) is 0.821. The third kappa shape index (κ3) is 2.27. The van der Waals surface area contributed by atoms with E-state index in [1.165, 1.54) is 6.26 Å². The summed E-state index contributed by atoms with van der Waals surface area (Å²) >= 11 is 0. The number of nitrogens with zero attached hydrogens (tertiary/aromatic N) is 1. The molecule has 1 aromatic rings. The highest BCUT2D eigenvalue weighted by Gasteiger charge is 2.26. The Morgan fingerprint density at radius 3 is 3.06 bits per heavy atom. The Labute approximate surface area is 95.6 Å². The fourth-order valence-corrected chi connectivity index (χ4v) is 1.97. The van der Waals surface area contributed by atoms with E-state index in [0.717, 1.165) is 19.6 Å². The molecule has 1 saturated heterocycles. The maximum atomic E-state index is 12.0. The molecule has 0 saturated carbocycles. The summed E-state index contributed by atoms with van der Waals surface area (Å²) in [6, 6.07) is 3.84. The molecule has 1 unspecified atom stereocenters. The highest BCUT2D eigenvalue weighted by atomic mass is 16.3. The summed E-state index contributed by atoms with van der Waals surface area (Å²) in [6.07, 6.45) is 1.54. The van der Waals surface area contributed by atoms with Gasteiger partial charge in [-0.25, -0.2) is 0 Å². The van der Waals surface area contributed by atoms with Crippen LogP contribution in [0, 0.1) is 5.92 Å². The van der Waals surface area contributed by atoms with Gasteiger partial charge in [0.25, 0.3) is 5.91 Å². The first-order valence-electron chi connectivity index (χ1n) is 5.74. The van der Waals surface area contributed by atoms with Crippen molar-refractivity contribution < 1.29 is 9.21 Å². The van der Waals surface area contributed by atoms with Crippen molar-refractivity contribution in [1.29, 1.82) is 0 Å². The first kappa shape index (κ1) is 11.2. The predicted octanol–water partition coefficient (Wildman–Crippen LogP) is 1.35. The predicted molar refractivity (Wildman–Crippen MR) is 61.2 cm³/mol. The molecule has 4 nitrogen and oxygen atoms in total. The van der Waals surface area contributed by atoms with Gasteiger partial charge in [0, 0.05) is 25.7 Å². The van der Waals surface area contributed by atoms with Crippen molar-refractivity contribution in [1.82, 2.24) is 10.2 Å². The van der Waals surface area contributed by atoms with E-state index in [2.05, 4.69) is 19.2 Å². The number of furan rings is 1. The molecular formula is C12H18N2O2. The monoisotopic (exact) mass is 222 g/mol. The van der Waals surface area contributed by atoms with E-state index >= 15 is 0 Å².